The average molecular weight is 601 g/mol. The van der Waals surface area contributed by atoms with E-state index in [0.717, 1.165) is 0 Å². The number of carbonyl (C=O) groups excluding carboxylic acids is 1. The zero-order valence-electron chi connectivity index (χ0n) is 25.9. The lowest BCUT2D eigenvalue weighted by atomic mass is 9.44. The van der Waals surface area contributed by atoms with Gasteiger partial charge in [0.2, 0.25) is 0 Å². The molecule has 0 radical (unpaired) electrons. The van der Waals surface area contributed by atoms with Gasteiger partial charge in [-0.05, 0) is 78.7 Å². The van der Waals surface area contributed by atoms with Crippen LogP contribution in [0.5, 0.6) is 11.5 Å². The molecule has 1 saturated heterocycles. The monoisotopic (exact) mass is 600 g/mol. The fourth-order valence-corrected chi connectivity index (χ4v) is 10.5. The second-order valence-electron chi connectivity index (χ2n) is 15.5. The number of phenols is 2. The van der Waals surface area contributed by atoms with Crippen molar-refractivity contribution in [1.29, 1.82) is 0 Å². The first-order chi connectivity index (χ1) is 19.9. The van der Waals surface area contributed by atoms with Crippen LogP contribution < -0.4 is 0 Å². The third-order valence-corrected chi connectivity index (χ3v) is 12.9. The van der Waals surface area contributed by atoms with Gasteiger partial charge in [-0.25, -0.2) is 0 Å². The lowest BCUT2D eigenvalue weighted by Gasteiger charge is -2.61. The van der Waals surface area contributed by atoms with Crippen LogP contribution in [0.3, 0.4) is 0 Å². The maximum Gasteiger partial charge on any atom is 0.160 e. The van der Waals surface area contributed by atoms with Crippen molar-refractivity contribution in [2.75, 3.05) is 0 Å². The summed E-state index contributed by atoms with van der Waals surface area (Å²) >= 11 is 0. The summed E-state index contributed by atoms with van der Waals surface area (Å²) in [4.78, 5) is 14.2. The van der Waals surface area contributed by atoms with Crippen LogP contribution in [-0.2, 0) is 9.53 Å². The first kappa shape index (κ1) is 31.0. The predicted molar refractivity (Wildman–Crippen MR) is 157 cm³/mol. The van der Waals surface area contributed by atoms with Gasteiger partial charge in [0.05, 0.1) is 35.6 Å². The molecule has 6 rings (SSSR count). The maximum atomic E-state index is 14.2. The topological polar surface area (TPSA) is 168 Å². The summed E-state index contributed by atoms with van der Waals surface area (Å²) in [6.07, 6.45) is -1.71. The van der Waals surface area contributed by atoms with Gasteiger partial charge in [0.15, 0.2) is 5.78 Å². The molecule has 14 atom stereocenters. The van der Waals surface area contributed by atoms with Crippen LogP contribution >= 0.6 is 0 Å². The minimum absolute atomic E-state index is 0.109. The first-order valence-corrected chi connectivity index (χ1v) is 15.8. The van der Waals surface area contributed by atoms with Crippen LogP contribution in [0.25, 0.3) is 0 Å². The van der Waals surface area contributed by atoms with E-state index in [0.29, 0.717) is 24.0 Å². The molecule has 9 nitrogen and oxygen atoms in total. The quantitative estimate of drug-likeness (QED) is 0.275. The molecule has 7 N–H and O–H groups in total. The Bertz CT molecular complexity index is 1320. The van der Waals surface area contributed by atoms with E-state index in [1.807, 2.05) is 34.6 Å². The lowest BCUT2D eigenvalue weighted by molar-refractivity contribution is -0.177. The molecule has 1 aromatic carbocycles. The van der Waals surface area contributed by atoms with Gasteiger partial charge in [0.1, 0.15) is 17.6 Å². The van der Waals surface area contributed by atoms with Crippen LogP contribution in [0, 0.1) is 40.4 Å². The summed E-state index contributed by atoms with van der Waals surface area (Å²) in [5.74, 6) is -3.03. The zero-order valence-corrected chi connectivity index (χ0v) is 25.9. The Balaban J connectivity index is 1.40. The highest BCUT2D eigenvalue weighted by Gasteiger charge is 2.75. The van der Waals surface area contributed by atoms with Crippen molar-refractivity contribution in [3.8, 4) is 11.5 Å². The smallest absolute Gasteiger partial charge is 0.160 e. The fraction of sp³-hybridized carbons (Fsp3) is 0.735. The van der Waals surface area contributed by atoms with Crippen LogP contribution in [0.15, 0.2) is 29.8 Å². The highest BCUT2D eigenvalue weighted by atomic mass is 16.5. The Morgan fingerprint density at radius 2 is 1.60 bits per heavy atom. The van der Waals surface area contributed by atoms with Crippen LogP contribution in [0.1, 0.15) is 78.7 Å². The van der Waals surface area contributed by atoms with Crippen molar-refractivity contribution >= 4 is 5.78 Å². The summed E-state index contributed by atoms with van der Waals surface area (Å²) < 4.78 is 6.43. The Morgan fingerprint density at radius 3 is 2.21 bits per heavy atom. The second kappa shape index (κ2) is 9.74. The Kier molecular flexibility index (Phi) is 7.02. The molecule has 1 aromatic rings. The van der Waals surface area contributed by atoms with Gasteiger partial charge in [0.25, 0.3) is 0 Å². The molecular formula is C34H48O9. The van der Waals surface area contributed by atoms with E-state index in [1.54, 1.807) is 6.92 Å². The Hall–Kier alpha value is -2.01. The number of ether oxygens (including phenoxy) is 1. The standard InChI is InChI=1S/C34H48O9/c1-15(2)16(3)27(39)30-33(6,41)29-24(43-30)14-34(42)21-12-22(37)26-25(17-9-18(35)11-19(36)10-17)28(40)23(38)13-31(26,4)20(21)7-8-32(29,34)5/h9-12,15-16,20,23-30,35-36,38-42H,7-8,13-14H2,1-6H3/t16-,20-,23-,24-,25-,26+,27-,28-,29-,30-,31+,32+,33+,34+/m0/s1. The molecule has 1 aliphatic heterocycles. The molecule has 1 heterocycles. The minimum Gasteiger partial charge on any atom is -0.508 e. The molecule has 3 saturated carbocycles. The maximum absolute atomic E-state index is 14.2. The number of ketones is 1. The molecule has 238 valence electrons. The number of hydrogen-bond acceptors (Lipinski definition) is 9. The zero-order chi connectivity index (χ0) is 31.6. The molecule has 43 heavy (non-hydrogen) atoms. The summed E-state index contributed by atoms with van der Waals surface area (Å²) in [6, 6.07) is 3.99. The van der Waals surface area contributed by atoms with E-state index in [4.69, 9.17) is 4.74 Å². The second-order valence-corrected chi connectivity index (χ2v) is 15.5. The largest absolute Gasteiger partial charge is 0.508 e. The number of aromatic hydroxyl groups is 2. The SMILES string of the molecule is CC(C)[C@H](C)[C@H](O)[C@@H]1O[C@H]2C[C@@]3(O)C4=CC(=O)[C@@H]5[C@H](c6cc(O)cc(O)c6)[C@@H](O)[C@@H](O)C[C@]5(C)[C@H]4CC[C@]3(C)[C@H]2[C@@]1(C)O. The van der Waals surface area contributed by atoms with Crippen molar-refractivity contribution in [1.82, 2.24) is 0 Å². The summed E-state index contributed by atoms with van der Waals surface area (Å²) in [6.45, 7) is 11.6. The van der Waals surface area contributed by atoms with E-state index in [1.165, 1.54) is 24.3 Å². The van der Waals surface area contributed by atoms with E-state index in [2.05, 4.69) is 0 Å². The molecular weight excluding hydrogens is 552 g/mol. The number of aliphatic hydroxyl groups is 5. The van der Waals surface area contributed by atoms with Crippen LogP contribution in [0.4, 0.5) is 0 Å². The molecule has 9 heteroatoms. The third kappa shape index (κ3) is 4.08. The van der Waals surface area contributed by atoms with E-state index >= 15 is 0 Å². The van der Waals surface area contributed by atoms with Gasteiger partial charge in [-0.15, -0.1) is 0 Å². The number of phenolic OH excluding ortho intramolecular Hbond substituents is 2. The third-order valence-electron chi connectivity index (χ3n) is 12.9. The average Bonchev–Trinajstić information content (AvgIpc) is 3.30. The molecule has 4 fully saturated rings. The van der Waals surface area contributed by atoms with E-state index in [9.17, 15) is 40.5 Å². The number of fused-ring (bicyclic) bond motifs is 7. The number of hydrogen-bond donors (Lipinski definition) is 7. The predicted octanol–water partition coefficient (Wildman–Crippen LogP) is 2.78. The number of carbonyl (C=O) groups is 1. The summed E-state index contributed by atoms with van der Waals surface area (Å²) in [5, 5.41) is 78.7. The van der Waals surface area contributed by atoms with Gasteiger partial charge in [-0.2, -0.15) is 0 Å². The van der Waals surface area contributed by atoms with Crippen molar-refractivity contribution < 1.29 is 45.3 Å². The highest BCUT2D eigenvalue weighted by molar-refractivity contribution is 5.96. The van der Waals surface area contributed by atoms with Crippen LogP contribution in [0.2, 0.25) is 0 Å². The van der Waals surface area contributed by atoms with Gasteiger partial charge < -0.3 is 40.5 Å². The van der Waals surface area contributed by atoms with Gasteiger partial charge in [-0.3, -0.25) is 4.79 Å². The summed E-state index contributed by atoms with van der Waals surface area (Å²) in [7, 11) is 0. The number of allylic oxidation sites excluding steroid dienone is 1. The number of aliphatic hydroxyl groups excluding tert-OH is 3. The van der Waals surface area contributed by atoms with Crippen LogP contribution in [-0.4, -0.2) is 83.3 Å². The molecule has 0 bridgehead atoms. The number of benzene rings is 1. The molecule has 4 aliphatic carbocycles. The van der Waals surface area contributed by atoms with Gasteiger partial charge in [-0.1, -0.05) is 34.6 Å². The normalized spacial score (nSPS) is 48.7. The molecule has 0 unspecified atom stereocenters. The molecule has 0 amide bonds. The van der Waals surface area contributed by atoms with Crippen molar-refractivity contribution in [2.45, 2.75) is 115 Å². The van der Waals surface area contributed by atoms with Gasteiger partial charge in [0, 0.05) is 35.7 Å². The fourth-order valence-electron chi connectivity index (χ4n) is 10.5. The Morgan fingerprint density at radius 1 is 0.977 bits per heavy atom. The lowest BCUT2D eigenvalue weighted by Crippen LogP contribution is -2.64. The highest BCUT2D eigenvalue weighted by Crippen LogP contribution is 2.71. The van der Waals surface area contributed by atoms with Gasteiger partial charge >= 0.3 is 0 Å². The molecule has 0 aromatic heterocycles. The Labute approximate surface area is 253 Å². The number of rotatable bonds is 4. The molecule has 5 aliphatic rings. The van der Waals surface area contributed by atoms with Crippen molar-refractivity contribution in [2.24, 2.45) is 40.4 Å². The van der Waals surface area contributed by atoms with E-state index < -0.39 is 70.3 Å². The van der Waals surface area contributed by atoms with E-state index in [-0.39, 0.29) is 47.9 Å². The minimum atomic E-state index is -1.46. The first-order valence-electron chi connectivity index (χ1n) is 15.8. The van der Waals surface area contributed by atoms with Crippen molar-refractivity contribution in [3.05, 3.63) is 35.4 Å². The molecule has 0 spiro atoms. The van der Waals surface area contributed by atoms with Crippen molar-refractivity contribution in [3.63, 3.8) is 0 Å². The summed E-state index contributed by atoms with van der Waals surface area (Å²) in [5.41, 5.74) is -3.60.